The second kappa shape index (κ2) is 2.51. The topological polar surface area (TPSA) is 85.6 Å². The van der Waals surface area contributed by atoms with E-state index in [-0.39, 0.29) is 5.69 Å². The monoisotopic (exact) mass is 177 g/mol. The lowest BCUT2D eigenvalue weighted by Crippen LogP contribution is -2.00. The third-order valence-corrected chi connectivity index (χ3v) is 1.71. The molecule has 0 aliphatic carbocycles. The molecule has 2 rings (SSSR count). The van der Waals surface area contributed by atoms with E-state index in [9.17, 15) is 4.91 Å². The first-order valence-corrected chi connectivity index (χ1v) is 3.66. The zero-order valence-corrected chi connectivity index (χ0v) is 6.93. The first kappa shape index (κ1) is 7.66. The second-order valence-electron chi connectivity index (χ2n) is 2.68. The first-order valence-electron chi connectivity index (χ1n) is 3.66. The lowest BCUT2D eigenvalue weighted by molar-refractivity contribution is 0.942. The molecule has 2 aromatic rings. The van der Waals surface area contributed by atoms with Crippen LogP contribution in [0.2, 0.25) is 0 Å². The van der Waals surface area contributed by atoms with Crippen LogP contribution in [0.4, 0.5) is 11.5 Å². The number of anilines is 1. The molecule has 0 bridgehead atoms. The third kappa shape index (κ3) is 1.03. The van der Waals surface area contributed by atoms with Gasteiger partial charge in [0, 0.05) is 11.8 Å². The van der Waals surface area contributed by atoms with E-state index in [4.69, 9.17) is 5.73 Å². The summed E-state index contributed by atoms with van der Waals surface area (Å²) in [5.74, 6) is 0.442. The average molecular weight is 177 g/mol. The maximum Gasteiger partial charge on any atom is 0.187 e. The number of hydrogen-bond donors (Lipinski definition) is 1. The normalized spacial score (nSPS) is 10.5. The van der Waals surface area contributed by atoms with Gasteiger partial charge in [-0.15, -0.1) is 4.91 Å². The lowest BCUT2D eigenvalue weighted by atomic mass is 10.4. The molecule has 0 amide bonds. The number of fused-ring (bicyclic) bond motifs is 1. The van der Waals surface area contributed by atoms with E-state index in [1.807, 2.05) is 0 Å². The van der Waals surface area contributed by atoms with E-state index in [1.54, 1.807) is 13.0 Å². The van der Waals surface area contributed by atoms with Crippen LogP contribution >= 0.6 is 0 Å². The van der Waals surface area contributed by atoms with Gasteiger partial charge < -0.3 is 5.73 Å². The van der Waals surface area contributed by atoms with E-state index in [1.165, 1.54) is 10.7 Å². The second-order valence-corrected chi connectivity index (χ2v) is 2.68. The van der Waals surface area contributed by atoms with Crippen LogP contribution in [0, 0.1) is 11.8 Å². The van der Waals surface area contributed by atoms with Gasteiger partial charge in [0.1, 0.15) is 5.82 Å². The highest BCUT2D eigenvalue weighted by molar-refractivity contribution is 5.65. The molecule has 0 saturated heterocycles. The van der Waals surface area contributed by atoms with Crippen LogP contribution in [0.15, 0.2) is 17.4 Å². The minimum absolute atomic E-state index is 0.204. The number of aryl methyl sites for hydroxylation is 1. The van der Waals surface area contributed by atoms with Crippen molar-refractivity contribution in [2.75, 3.05) is 5.73 Å². The number of rotatable bonds is 1. The van der Waals surface area contributed by atoms with E-state index < -0.39 is 0 Å². The van der Waals surface area contributed by atoms with Gasteiger partial charge in [-0.1, -0.05) is 0 Å². The maximum absolute atomic E-state index is 10.3. The van der Waals surface area contributed by atoms with E-state index >= 15 is 0 Å². The molecule has 2 aromatic heterocycles. The van der Waals surface area contributed by atoms with Gasteiger partial charge in [0.15, 0.2) is 11.3 Å². The third-order valence-electron chi connectivity index (χ3n) is 1.71. The Labute approximate surface area is 73.4 Å². The first-order chi connectivity index (χ1) is 6.22. The molecule has 0 fully saturated rings. The molecule has 0 spiro atoms. The Kier molecular flexibility index (Phi) is 1.48. The molecular formula is C7H7N5O. The summed E-state index contributed by atoms with van der Waals surface area (Å²) in [5.41, 5.74) is 6.97. The van der Waals surface area contributed by atoms with Crippen LogP contribution in [0.1, 0.15) is 5.69 Å². The van der Waals surface area contributed by atoms with Crippen molar-refractivity contribution >= 4 is 17.2 Å². The molecule has 0 atom stereocenters. The summed E-state index contributed by atoms with van der Waals surface area (Å²) < 4.78 is 1.38. The number of nitrogens with two attached hydrogens (primary N) is 1. The van der Waals surface area contributed by atoms with Crippen LogP contribution in [-0.4, -0.2) is 14.6 Å². The lowest BCUT2D eigenvalue weighted by Gasteiger charge is -1.98. The Bertz CT molecular complexity index is 475. The van der Waals surface area contributed by atoms with Crippen molar-refractivity contribution < 1.29 is 0 Å². The van der Waals surface area contributed by atoms with E-state index in [2.05, 4.69) is 15.3 Å². The fourth-order valence-electron chi connectivity index (χ4n) is 1.17. The molecule has 13 heavy (non-hydrogen) atoms. The molecule has 0 radical (unpaired) electrons. The summed E-state index contributed by atoms with van der Waals surface area (Å²) in [6.45, 7) is 1.79. The Hall–Kier alpha value is -1.98. The Balaban J connectivity index is 2.89. The van der Waals surface area contributed by atoms with Crippen LogP contribution in [0.5, 0.6) is 0 Å². The Morgan fingerprint density at radius 1 is 1.62 bits per heavy atom. The van der Waals surface area contributed by atoms with Crippen LogP contribution < -0.4 is 5.73 Å². The molecular weight excluding hydrogens is 170 g/mol. The van der Waals surface area contributed by atoms with Crippen LogP contribution in [0.3, 0.4) is 0 Å². The van der Waals surface area contributed by atoms with Crippen molar-refractivity contribution in [3.05, 3.63) is 22.9 Å². The van der Waals surface area contributed by atoms with Gasteiger partial charge in [0.05, 0.1) is 6.20 Å². The maximum atomic E-state index is 10.3. The standard InChI is InChI=1S/C7H7N5O/c1-4-2-6(8)12-7(10-4)5(11-13)3-9-12/h2-3H,8H2,1H3. The average Bonchev–Trinajstić information content (AvgIpc) is 2.47. The summed E-state index contributed by atoms with van der Waals surface area (Å²) in [5, 5.41) is 6.66. The van der Waals surface area contributed by atoms with Crippen molar-refractivity contribution in [3.63, 3.8) is 0 Å². The zero-order chi connectivity index (χ0) is 9.42. The number of nitrogen functional groups attached to an aromatic ring is 1. The fraction of sp³-hybridized carbons (Fsp3) is 0.143. The van der Waals surface area contributed by atoms with Gasteiger partial charge in [0.2, 0.25) is 0 Å². The van der Waals surface area contributed by atoms with Crippen LogP contribution in [0.25, 0.3) is 5.65 Å². The summed E-state index contributed by atoms with van der Waals surface area (Å²) in [7, 11) is 0. The van der Waals surface area contributed by atoms with E-state index in [0.29, 0.717) is 11.5 Å². The molecule has 0 unspecified atom stereocenters. The summed E-state index contributed by atoms with van der Waals surface area (Å²) in [4.78, 5) is 14.4. The van der Waals surface area contributed by atoms with Gasteiger partial charge in [-0.05, 0) is 12.1 Å². The molecule has 6 heteroatoms. The zero-order valence-electron chi connectivity index (χ0n) is 6.93. The van der Waals surface area contributed by atoms with Crippen molar-refractivity contribution in [3.8, 4) is 0 Å². The Morgan fingerprint density at radius 2 is 2.38 bits per heavy atom. The summed E-state index contributed by atoms with van der Waals surface area (Å²) >= 11 is 0. The number of aromatic nitrogens is 3. The highest BCUT2D eigenvalue weighted by atomic mass is 16.3. The smallest absolute Gasteiger partial charge is 0.187 e. The van der Waals surface area contributed by atoms with Gasteiger partial charge in [-0.2, -0.15) is 9.61 Å². The van der Waals surface area contributed by atoms with Gasteiger partial charge in [-0.25, -0.2) is 4.98 Å². The van der Waals surface area contributed by atoms with Crippen molar-refractivity contribution in [1.29, 1.82) is 0 Å². The van der Waals surface area contributed by atoms with Crippen LogP contribution in [-0.2, 0) is 0 Å². The summed E-state index contributed by atoms with van der Waals surface area (Å²) in [6, 6.07) is 1.68. The van der Waals surface area contributed by atoms with Gasteiger partial charge in [-0.3, -0.25) is 0 Å². The quantitative estimate of drug-likeness (QED) is 0.659. The highest BCUT2D eigenvalue weighted by Crippen LogP contribution is 2.19. The SMILES string of the molecule is Cc1cc(N)n2ncc(N=O)c2n1. The molecule has 2 N–H and O–H groups in total. The molecule has 2 heterocycles. The number of hydrogen-bond acceptors (Lipinski definition) is 5. The fourth-order valence-corrected chi connectivity index (χ4v) is 1.17. The number of nitroso groups, excluding NO2 is 1. The largest absolute Gasteiger partial charge is 0.384 e. The van der Waals surface area contributed by atoms with Crippen molar-refractivity contribution in [2.24, 2.45) is 5.18 Å². The molecule has 0 aliphatic heterocycles. The minimum Gasteiger partial charge on any atom is -0.384 e. The minimum atomic E-state index is 0.204. The van der Waals surface area contributed by atoms with Gasteiger partial charge >= 0.3 is 0 Å². The molecule has 6 nitrogen and oxygen atoms in total. The molecule has 0 aromatic carbocycles. The molecule has 0 saturated carbocycles. The van der Waals surface area contributed by atoms with Gasteiger partial charge in [0.25, 0.3) is 0 Å². The molecule has 66 valence electrons. The number of nitrogens with zero attached hydrogens (tertiary/aromatic N) is 4. The van der Waals surface area contributed by atoms with Crippen molar-refractivity contribution in [2.45, 2.75) is 6.92 Å². The summed E-state index contributed by atoms with van der Waals surface area (Å²) in [6.07, 6.45) is 1.34. The van der Waals surface area contributed by atoms with E-state index in [0.717, 1.165) is 5.69 Å². The predicted molar refractivity (Wildman–Crippen MR) is 47.6 cm³/mol. The molecule has 0 aliphatic rings. The highest BCUT2D eigenvalue weighted by Gasteiger charge is 2.07. The predicted octanol–water partition coefficient (Wildman–Crippen LogP) is 1.02. The Morgan fingerprint density at radius 3 is 3.08 bits per heavy atom. The van der Waals surface area contributed by atoms with Crippen molar-refractivity contribution in [1.82, 2.24) is 14.6 Å².